The number of urea groups is 1. The van der Waals surface area contributed by atoms with E-state index in [-0.39, 0.29) is 41.6 Å². The van der Waals surface area contributed by atoms with Crippen LogP contribution in [0.25, 0.3) is 4.72 Å². The average Bonchev–Trinajstić information content (AvgIpc) is 3.54. The number of hydrogen-bond acceptors (Lipinski definition) is 6. The Balaban J connectivity index is 0.00000280. The van der Waals surface area contributed by atoms with Crippen LogP contribution in [0.5, 0.6) is 0 Å². The van der Waals surface area contributed by atoms with Gasteiger partial charge in [0, 0.05) is 12.2 Å². The molecule has 2 amide bonds. The summed E-state index contributed by atoms with van der Waals surface area (Å²) in [7, 11) is -2.27. The van der Waals surface area contributed by atoms with Crippen LogP contribution in [-0.4, -0.2) is 68.5 Å². The van der Waals surface area contributed by atoms with Crippen LogP contribution in [0.1, 0.15) is 54.0 Å². The molecular weight excluding hydrogens is 503 g/mol. The van der Waals surface area contributed by atoms with Crippen LogP contribution in [-0.2, 0) is 40.6 Å². The van der Waals surface area contributed by atoms with E-state index in [1.807, 2.05) is 7.05 Å². The SMILES string of the molecule is CN1CCC(N(c2cnn(C3COC3)c2)S(=O)(=O)[N-]C(=O)Nc2c3c(cc4c2CCC4)CCC3)CC1.[Na+]. The van der Waals surface area contributed by atoms with Crippen molar-refractivity contribution in [2.24, 2.45) is 0 Å². The molecule has 1 N–H and O–H groups in total. The number of piperidine rings is 1. The number of aryl methyl sites for hydroxylation is 2. The number of fused-ring (bicyclic) bond motifs is 2. The summed E-state index contributed by atoms with van der Waals surface area (Å²) in [6.45, 7) is 2.66. The molecule has 194 valence electrons. The number of benzene rings is 1. The molecule has 0 bridgehead atoms. The second kappa shape index (κ2) is 10.9. The fraction of sp³-hybridized carbons (Fsp3) is 0.600. The van der Waals surface area contributed by atoms with Crippen LogP contribution in [0, 0.1) is 0 Å². The summed E-state index contributed by atoms with van der Waals surface area (Å²) in [5.74, 6) is 0. The average molecular weight is 537 g/mol. The number of nitrogens with one attached hydrogen (secondary N) is 1. The van der Waals surface area contributed by atoms with Gasteiger partial charge < -0.3 is 19.7 Å². The molecule has 1 aromatic carbocycles. The first-order chi connectivity index (χ1) is 17.4. The van der Waals surface area contributed by atoms with Gasteiger partial charge in [0.05, 0.1) is 31.1 Å². The number of likely N-dealkylation sites (tertiary alicyclic amines) is 1. The van der Waals surface area contributed by atoms with Crippen molar-refractivity contribution < 1.29 is 47.5 Å². The third-order valence-corrected chi connectivity index (χ3v) is 9.41. The molecule has 37 heavy (non-hydrogen) atoms. The molecule has 6 rings (SSSR count). The first-order valence-electron chi connectivity index (χ1n) is 12.9. The van der Waals surface area contributed by atoms with E-state index in [4.69, 9.17) is 4.74 Å². The molecule has 0 saturated carbocycles. The summed E-state index contributed by atoms with van der Waals surface area (Å²) in [5.41, 5.74) is 6.07. The smallest absolute Gasteiger partial charge is 0.423 e. The van der Waals surface area contributed by atoms with E-state index in [9.17, 15) is 13.2 Å². The Kier molecular flexibility index (Phi) is 7.91. The first-order valence-corrected chi connectivity index (χ1v) is 14.3. The normalized spacial score (nSPS) is 20.0. The van der Waals surface area contributed by atoms with Crippen molar-refractivity contribution in [3.05, 3.63) is 45.4 Å². The fourth-order valence-electron chi connectivity index (χ4n) is 6.03. The predicted octanol–water partition coefficient (Wildman–Crippen LogP) is 0.187. The molecule has 0 atom stereocenters. The standard InChI is InChI=1S/C25H34N6O4S.Na/c1-29-10-8-19(9-11-29)31(20-13-26-30(14-20)21-15-35-16-21)36(33,34)28-25(32)27-24-22-6-2-4-17(22)12-18-5-3-7-23(18)24;/h12-14,19,21H,2-11,15-16H2,1H3,(H2,27,28,32);/q;+1/p-1. The van der Waals surface area contributed by atoms with Gasteiger partial charge in [0.2, 0.25) is 0 Å². The molecule has 12 heteroatoms. The molecule has 3 heterocycles. The van der Waals surface area contributed by atoms with E-state index in [0.717, 1.165) is 68.4 Å². The summed E-state index contributed by atoms with van der Waals surface area (Å²) in [6.07, 6.45) is 10.5. The summed E-state index contributed by atoms with van der Waals surface area (Å²) in [4.78, 5) is 15.3. The van der Waals surface area contributed by atoms with Crippen LogP contribution in [0.4, 0.5) is 16.2 Å². The van der Waals surface area contributed by atoms with Gasteiger partial charge in [-0.1, -0.05) is 6.07 Å². The molecule has 4 aliphatic rings. The van der Waals surface area contributed by atoms with Crippen LogP contribution in [0.15, 0.2) is 18.5 Å². The monoisotopic (exact) mass is 536 g/mol. The molecule has 1 aromatic heterocycles. The number of aromatic nitrogens is 2. The van der Waals surface area contributed by atoms with Crippen LogP contribution in [0.3, 0.4) is 0 Å². The van der Waals surface area contributed by atoms with Gasteiger partial charge in [0.25, 0.3) is 10.2 Å². The third kappa shape index (κ3) is 5.31. The van der Waals surface area contributed by atoms with Crippen molar-refractivity contribution in [3.8, 4) is 0 Å². The Morgan fingerprint density at radius 1 is 1.11 bits per heavy atom. The number of rotatable bonds is 6. The summed E-state index contributed by atoms with van der Waals surface area (Å²) in [5, 5.41) is 7.29. The molecule has 2 aliphatic heterocycles. The zero-order chi connectivity index (χ0) is 24.9. The van der Waals surface area contributed by atoms with Gasteiger partial charge in [-0.05, 0) is 99.4 Å². The minimum absolute atomic E-state index is 0. The second-order valence-electron chi connectivity index (χ2n) is 10.4. The van der Waals surface area contributed by atoms with Crippen molar-refractivity contribution in [2.45, 2.75) is 63.5 Å². The Morgan fingerprint density at radius 3 is 2.35 bits per heavy atom. The predicted molar refractivity (Wildman–Crippen MR) is 137 cm³/mol. The van der Waals surface area contributed by atoms with Crippen molar-refractivity contribution in [3.63, 3.8) is 0 Å². The maximum Gasteiger partial charge on any atom is 1.00 e. The minimum Gasteiger partial charge on any atom is -0.423 e. The van der Waals surface area contributed by atoms with E-state index in [1.54, 1.807) is 17.1 Å². The van der Waals surface area contributed by atoms with Crippen molar-refractivity contribution in [1.29, 1.82) is 0 Å². The summed E-state index contributed by atoms with van der Waals surface area (Å²) < 4.78 is 39.4. The molecular formula is C25H33N6NaO4S. The number of anilines is 2. The Hall–Kier alpha value is -1.63. The number of ether oxygens (including phenoxy) is 1. The number of carbonyl (C=O) groups excluding carboxylic acids is 1. The zero-order valence-corrected chi connectivity index (χ0v) is 24.5. The van der Waals surface area contributed by atoms with Gasteiger partial charge in [0.15, 0.2) is 6.03 Å². The molecule has 2 aromatic rings. The molecule has 0 radical (unpaired) electrons. The van der Waals surface area contributed by atoms with Crippen molar-refractivity contribution >= 4 is 27.6 Å². The van der Waals surface area contributed by atoms with E-state index in [1.165, 1.54) is 15.4 Å². The van der Waals surface area contributed by atoms with Gasteiger partial charge in [0.1, 0.15) is 0 Å². The molecule has 10 nitrogen and oxygen atoms in total. The maximum absolute atomic E-state index is 13.7. The van der Waals surface area contributed by atoms with Gasteiger partial charge in [-0.2, -0.15) is 5.10 Å². The topological polar surface area (TPSA) is 111 Å². The number of hydrogen-bond donors (Lipinski definition) is 1. The number of nitrogens with zero attached hydrogens (tertiary/aromatic N) is 5. The third-order valence-electron chi connectivity index (χ3n) is 8.01. The Morgan fingerprint density at radius 2 is 1.76 bits per heavy atom. The number of amides is 2. The van der Waals surface area contributed by atoms with E-state index in [0.29, 0.717) is 31.7 Å². The van der Waals surface area contributed by atoms with E-state index in [2.05, 4.69) is 26.1 Å². The largest absolute Gasteiger partial charge is 1.00 e. The summed E-state index contributed by atoms with van der Waals surface area (Å²) in [6, 6.07) is 1.26. The van der Waals surface area contributed by atoms with E-state index < -0.39 is 16.2 Å². The quantitative estimate of drug-likeness (QED) is 0.528. The van der Waals surface area contributed by atoms with Gasteiger partial charge in [-0.15, -0.1) is 0 Å². The van der Waals surface area contributed by atoms with Gasteiger partial charge in [-0.3, -0.25) is 13.8 Å². The second-order valence-corrected chi connectivity index (χ2v) is 11.9. The van der Waals surface area contributed by atoms with Crippen molar-refractivity contribution in [2.75, 3.05) is 43.0 Å². The van der Waals surface area contributed by atoms with Crippen LogP contribution < -0.4 is 39.2 Å². The van der Waals surface area contributed by atoms with Crippen molar-refractivity contribution in [1.82, 2.24) is 14.7 Å². The fourth-order valence-corrected chi connectivity index (χ4v) is 7.32. The minimum atomic E-state index is -4.30. The molecule has 0 unspecified atom stereocenters. The molecule has 2 fully saturated rings. The van der Waals surface area contributed by atoms with Crippen LogP contribution >= 0.6 is 0 Å². The van der Waals surface area contributed by atoms with Gasteiger partial charge >= 0.3 is 29.6 Å². The van der Waals surface area contributed by atoms with Crippen LogP contribution in [0.2, 0.25) is 0 Å². The Bertz CT molecular complexity index is 1240. The first kappa shape index (κ1) is 27.0. The maximum atomic E-state index is 13.7. The molecule has 0 spiro atoms. The molecule has 2 aliphatic carbocycles. The summed E-state index contributed by atoms with van der Waals surface area (Å²) >= 11 is 0. The zero-order valence-electron chi connectivity index (χ0n) is 21.6. The van der Waals surface area contributed by atoms with E-state index >= 15 is 0 Å². The van der Waals surface area contributed by atoms with Gasteiger partial charge in [-0.25, -0.2) is 8.42 Å². The molecule has 2 saturated heterocycles. The Labute approximate surface area is 240 Å². The number of carbonyl (C=O) groups is 1.